The zero-order valence-electron chi connectivity index (χ0n) is 7.42. The summed E-state index contributed by atoms with van der Waals surface area (Å²) < 4.78 is 4.80. The van der Waals surface area contributed by atoms with E-state index < -0.39 is 0 Å². The molecule has 0 fully saturated rings. The van der Waals surface area contributed by atoms with Crippen molar-refractivity contribution in [3.05, 3.63) is 16.9 Å². The lowest BCUT2D eigenvalue weighted by Crippen LogP contribution is -2.07. The highest BCUT2D eigenvalue weighted by molar-refractivity contribution is 6.29. The Morgan fingerprint density at radius 1 is 1.50 bits per heavy atom. The van der Waals surface area contributed by atoms with E-state index in [9.17, 15) is 0 Å². The molecule has 5 nitrogen and oxygen atoms in total. The Balaban J connectivity index is 2.76. The Kier molecular flexibility index (Phi) is 3.91. The van der Waals surface area contributed by atoms with Crippen molar-refractivity contribution in [3.63, 3.8) is 0 Å². The molecule has 14 heavy (non-hydrogen) atoms. The number of hydrogen-bond acceptors (Lipinski definition) is 5. The summed E-state index contributed by atoms with van der Waals surface area (Å²) in [5.74, 6) is 0.295. The van der Waals surface area contributed by atoms with Crippen molar-refractivity contribution >= 4 is 29.2 Å². The van der Waals surface area contributed by atoms with Crippen molar-refractivity contribution in [2.75, 3.05) is 19.0 Å². The second-order valence-electron chi connectivity index (χ2n) is 2.29. The number of aromatic nitrogens is 3. The molecule has 0 aromatic carbocycles. The molecule has 0 unspecified atom stereocenters. The first-order chi connectivity index (χ1) is 6.61. The second kappa shape index (κ2) is 4.97. The number of methoxy groups -OCH3 is 1. The van der Waals surface area contributed by atoms with Crippen molar-refractivity contribution in [2.24, 2.45) is 0 Å². The molecule has 0 saturated carbocycles. The fraction of sp³-hybridized carbons (Fsp3) is 0.286. The highest BCUT2D eigenvalue weighted by Crippen LogP contribution is 2.11. The molecule has 1 aromatic heterocycles. The monoisotopic (exact) mass is 234 g/mol. The molecule has 0 bridgehead atoms. The van der Waals surface area contributed by atoms with Crippen LogP contribution in [0.1, 0.15) is 0 Å². The minimum absolute atomic E-state index is 0.0551. The van der Waals surface area contributed by atoms with E-state index in [0.717, 1.165) is 0 Å². The number of hydrogen-bond donors (Lipinski definition) is 1. The topological polar surface area (TPSA) is 59.9 Å². The highest BCUT2D eigenvalue weighted by atomic mass is 35.5. The largest absolute Gasteiger partial charge is 0.467 e. The summed E-state index contributed by atoms with van der Waals surface area (Å²) >= 11 is 11.2. The molecule has 0 aliphatic heterocycles. The first kappa shape index (κ1) is 11.0. The van der Waals surface area contributed by atoms with Gasteiger partial charge >= 0.3 is 6.01 Å². The molecule has 0 spiro atoms. The number of ether oxygens (including phenoxy) is 1. The van der Waals surface area contributed by atoms with E-state index in [1.54, 1.807) is 0 Å². The van der Waals surface area contributed by atoms with Crippen LogP contribution in [-0.2, 0) is 0 Å². The number of nitrogens with one attached hydrogen (secondary N) is 1. The zero-order chi connectivity index (χ0) is 10.6. The summed E-state index contributed by atoms with van der Waals surface area (Å²) in [5.41, 5.74) is 0. The van der Waals surface area contributed by atoms with Gasteiger partial charge in [0.1, 0.15) is 0 Å². The zero-order valence-corrected chi connectivity index (χ0v) is 8.93. The van der Waals surface area contributed by atoms with E-state index in [1.807, 2.05) is 0 Å². The Morgan fingerprint density at radius 2 is 2.21 bits per heavy atom. The van der Waals surface area contributed by atoms with Crippen molar-refractivity contribution < 1.29 is 4.74 Å². The predicted molar refractivity (Wildman–Crippen MR) is 54.9 cm³/mol. The average Bonchev–Trinajstić information content (AvgIpc) is 2.14. The van der Waals surface area contributed by atoms with Crippen LogP contribution in [0.2, 0.25) is 5.28 Å². The highest BCUT2D eigenvalue weighted by Gasteiger charge is 2.04. The van der Waals surface area contributed by atoms with Crippen molar-refractivity contribution in [1.82, 2.24) is 15.0 Å². The Morgan fingerprint density at radius 3 is 2.79 bits per heavy atom. The van der Waals surface area contributed by atoms with Gasteiger partial charge in [-0.1, -0.05) is 18.2 Å². The molecule has 76 valence electrons. The molecule has 0 aliphatic carbocycles. The van der Waals surface area contributed by atoms with E-state index in [1.165, 1.54) is 7.11 Å². The molecular formula is C7H8Cl2N4O. The lowest BCUT2D eigenvalue weighted by Gasteiger charge is -2.04. The number of rotatable bonds is 4. The van der Waals surface area contributed by atoms with Gasteiger partial charge in [0.15, 0.2) is 0 Å². The third-order valence-corrected chi connectivity index (χ3v) is 1.51. The molecule has 0 aliphatic rings. The van der Waals surface area contributed by atoms with Gasteiger partial charge in [0.05, 0.1) is 13.7 Å². The average molecular weight is 235 g/mol. The van der Waals surface area contributed by atoms with Gasteiger partial charge in [-0.25, -0.2) is 0 Å². The van der Waals surface area contributed by atoms with E-state index in [-0.39, 0.29) is 11.3 Å². The van der Waals surface area contributed by atoms with E-state index >= 15 is 0 Å². The van der Waals surface area contributed by atoms with Gasteiger partial charge in [-0.3, -0.25) is 0 Å². The smallest absolute Gasteiger partial charge is 0.322 e. The summed E-state index contributed by atoms with van der Waals surface area (Å²) in [6, 6.07) is 0.146. The molecule has 1 aromatic rings. The van der Waals surface area contributed by atoms with Gasteiger partial charge in [-0.2, -0.15) is 15.0 Å². The maximum absolute atomic E-state index is 5.61. The van der Waals surface area contributed by atoms with Crippen LogP contribution in [0, 0.1) is 0 Å². The van der Waals surface area contributed by atoms with E-state index in [0.29, 0.717) is 17.5 Å². The van der Waals surface area contributed by atoms with Crippen LogP contribution in [0.3, 0.4) is 0 Å². The summed E-state index contributed by atoms with van der Waals surface area (Å²) in [6.07, 6.45) is 0. The van der Waals surface area contributed by atoms with Crippen molar-refractivity contribution in [1.29, 1.82) is 0 Å². The fourth-order valence-electron chi connectivity index (χ4n) is 0.677. The minimum Gasteiger partial charge on any atom is -0.467 e. The Labute approximate surface area is 91.1 Å². The normalized spacial score (nSPS) is 9.64. The summed E-state index contributed by atoms with van der Waals surface area (Å²) in [5, 5.41) is 3.30. The first-order valence-corrected chi connectivity index (χ1v) is 4.40. The summed E-state index contributed by atoms with van der Waals surface area (Å²) in [6.45, 7) is 3.85. The van der Waals surface area contributed by atoms with Crippen LogP contribution in [0.5, 0.6) is 6.01 Å². The molecule has 0 amide bonds. The lowest BCUT2D eigenvalue weighted by molar-refractivity contribution is 0.379. The standard InChI is InChI=1S/C7H8Cl2N4O/c1-4(8)3-10-6-11-5(9)12-7(13-6)14-2/h1,3H2,2H3,(H,10,11,12,13). The van der Waals surface area contributed by atoms with Crippen LogP contribution in [0.15, 0.2) is 11.6 Å². The summed E-state index contributed by atoms with van der Waals surface area (Å²) in [7, 11) is 1.44. The van der Waals surface area contributed by atoms with E-state index in [2.05, 4.69) is 26.8 Å². The van der Waals surface area contributed by atoms with Gasteiger partial charge in [0.25, 0.3) is 0 Å². The van der Waals surface area contributed by atoms with Crippen molar-refractivity contribution in [2.45, 2.75) is 0 Å². The van der Waals surface area contributed by atoms with Crippen molar-refractivity contribution in [3.8, 4) is 6.01 Å². The SMILES string of the molecule is C=C(Cl)CNc1nc(Cl)nc(OC)n1. The third-order valence-electron chi connectivity index (χ3n) is 1.21. The molecule has 7 heteroatoms. The second-order valence-corrected chi connectivity index (χ2v) is 3.16. The van der Waals surface area contributed by atoms with Crippen LogP contribution >= 0.6 is 23.2 Å². The van der Waals surface area contributed by atoms with Crippen LogP contribution in [-0.4, -0.2) is 28.6 Å². The molecule has 0 radical (unpaired) electrons. The molecule has 1 N–H and O–H groups in total. The van der Waals surface area contributed by atoms with Gasteiger partial charge in [-0.05, 0) is 11.6 Å². The number of halogens is 2. The first-order valence-electron chi connectivity index (χ1n) is 3.64. The maximum atomic E-state index is 5.61. The fourth-order valence-corrected chi connectivity index (χ4v) is 0.896. The van der Waals surface area contributed by atoms with Gasteiger partial charge < -0.3 is 10.1 Å². The molecule has 0 saturated heterocycles. The van der Waals surface area contributed by atoms with Gasteiger partial charge in [0, 0.05) is 5.03 Å². The molecule has 0 atom stereocenters. The van der Waals surface area contributed by atoms with Crippen LogP contribution in [0.25, 0.3) is 0 Å². The number of nitrogens with zero attached hydrogens (tertiary/aromatic N) is 3. The van der Waals surface area contributed by atoms with Crippen LogP contribution < -0.4 is 10.1 Å². The van der Waals surface area contributed by atoms with Gasteiger partial charge in [-0.15, -0.1) is 0 Å². The Bertz CT molecular complexity index is 344. The Hall–Kier alpha value is -1.07. The van der Waals surface area contributed by atoms with E-state index in [4.69, 9.17) is 27.9 Å². The molecule has 1 rings (SSSR count). The number of anilines is 1. The molecular weight excluding hydrogens is 227 g/mol. The third kappa shape index (κ3) is 3.35. The predicted octanol–water partition coefficient (Wildman–Crippen LogP) is 1.70. The van der Waals surface area contributed by atoms with Gasteiger partial charge in [0.2, 0.25) is 11.2 Å². The molecule has 1 heterocycles. The lowest BCUT2D eigenvalue weighted by atomic mass is 10.6. The minimum atomic E-state index is 0.0551. The summed E-state index contributed by atoms with van der Waals surface area (Å²) in [4.78, 5) is 11.4. The maximum Gasteiger partial charge on any atom is 0.322 e. The van der Waals surface area contributed by atoms with Crippen LogP contribution in [0.4, 0.5) is 5.95 Å². The quantitative estimate of drug-likeness (QED) is 0.860.